The van der Waals surface area contributed by atoms with E-state index in [0.29, 0.717) is 0 Å². The van der Waals surface area contributed by atoms with Crippen LogP contribution >= 0.6 is 0 Å². The number of ether oxygens (including phenoxy) is 2. The Kier molecular flexibility index (Phi) is 7.48. The van der Waals surface area contributed by atoms with Crippen molar-refractivity contribution < 1.29 is 9.47 Å². The van der Waals surface area contributed by atoms with E-state index >= 15 is 0 Å². The van der Waals surface area contributed by atoms with E-state index in [-0.39, 0.29) is 0 Å². The number of para-hydroxylation sites is 4. The minimum absolute atomic E-state index is 0.747. The molecule has 9 rings (SSSR count). The summed E-state index contributed by atoms with van der Waals surface area (Å²) in [7, 11) is 0. The van der Waals surface area contributed by atoms with Crippen LogP contribution < -0.4 is 15.2 Å². The number of aromatic nitrogens is 1. The lowest BCUT2D eigenvalue weighted by atomic mass is 9.95. The molecule has 1 aliphatic rings. The van der Waals surface area contributed by atoms with Crippen molar-refractivity contribution in [3.63, 3.8) is 0 Å². The van der Waals surface area contributed by atoms with Crippen molar-refractivity contribution in [2.45, 2.75) is 6.92 Å². The second-order valence-electron chi connectivity index (χ2n) is 12.8. The Morgan fingerprint density at radius 3 is 1.82 bits per heavy atom. The van der Waals surface area contributed by atoms with Gasteiger partial charge in [0.1, 0.15) is 23.0 Å². The summed E-state index contributed by atoms with van der Waals surface area (Å²) in [4.78, 5) is 0. The van der Waals surface area contributed by atoms with Gasteiger partial charge in [0.2, 0.25) is 0 Å². The topological polar surface area (TPSA) is 49.4 Å². The number of hydrogen-bond acceptors (Lipinski definition) is 3. The Bertz CT molecular complexity index is 2660. The minimum atomic E-state index is 0.747. The molecule has 0 aliphatic carbocycles. The lowest BCUT2D eigenvalue weighted by molar-refractivity contribution is 0.472. The lowest BCUT2D eigenvalue weighted by Crippen LogP contribution is -1.98. The molecule has 1 aliphatic heterocycles. The summed E-state index contributed by atoms with van der Waals surface area (Å²) in [5.41, 5.74) is 17.2. The van der Waals surface area contributed by atoms with Gasteiger partial charge in [0.25, 0.3) is 0 Å². The monoisotopic (exact) mass is 658 g/mol. The van der Waals surface area contributed by atoms with Gasteiger partial charge in [0.05, 0.1) is 11.0 Å². The number of benzene rings is 7. The van der Waals surface area contributed by atoms with Gasteiger partial charge in [-0.2, -0.15) is 0 Å². The Hall–Kier alpha value is -6.78. The maximum Gasteiger partial charge on any atom is 0.136 e. The molecule has 0 radical (unpaired) electrons. The van der Waals surface area contributed by atoms with Gasteiger partial charge >= 0.3 is 0 Å². The van der Waals surface area contributed by atoms with Crippen LogP contribution in [0.15, 0.2) is 176 Å². The number of rotatable bonds is 4. The van der Waals surface area contributed by atoms with Crippen molar-refractivity contribution in [2.75, 3.05) is 0 Å². The van der Waals surface area contributed by atoms with Crippen LogP contribution in [0, 0.1) is 0 Å². The van der Waals surface area contributed by atoms with Crippen molar-refractivity contribution in [3.05, 3.63) is 182 Å². The Labute approximate surface area is 297 Å². The zero-order chi connectivity index (χ0) is 34.3. The van der Waals surface area contributed by atoms with Crippen LogP contribution in [0.1, 0.15) is 12.5 Å². The molecule has 0 saturated carbocycles. The molecule has 0 unspecified atom stereocenters. The van der Waals surface area contributed by atoms with Crippen molar-refractivity contribution in [3.8, 4) is 62.1 Å². The molecule has 0 bridgehead atoms. The number of hydrogen-bond donors (Lipinski definition) is 1. The third-order valence-corrected chi connectivity index (χ3v) is 9.69. The van der Waals surface area contributed by atoms with E-state index in [1.54, 1.807) is 6.20 Å². The normalized spacial score (nSPS) is 12.5. The molecule has 7 aromatic carbocycles. The van der Waals surface area contributed by atoms with E-state index in [4.69, 9.17) is 15.2 Å². The summed E-state index contributed by atoms with van der Waals surface area (Å²) in [6.07, 6.45) is 5.39. The summed E-state index contributed by atoms with van der Waals surface area (Å²) in [6.45, 7) is 2.07. The van der Waals surface area contributed by atoms with Gasteiger partial charge < -0.3 is 19.8 Å². The second-order valence-corrected chi connectivity index (χ2v) is 12.8. The molecule has 0 atom stereocenters. The quantitative estimate of drug-likeness (QED) is 0.191. The van der Waals surface area contributed by atoms with E-state index in [0.717, 1.165) is 73.2 Å². The molecule has 1 aromatic heterocycles. The van der Waals surface area contributed by atoms with Crippen LogP contribution in [0.4, 0.5) is 0 Å². The summed E-state index contributed by atoms with van der Waals surface area (Å²) < 4.78 is 16.1. The summed E-state index contributed by atoms with van der Waals surface area (Å²) in [5, 5.41) is 2.42. The highest BCUT2D eigenvalue weighted by Gasteiger charge is 2.22. The van der Waals surface area contributed by atoms with Crippen LogP contribution in [0.2, 0.25) is 0 Å². The fraction of sp³-hybridized carbons (Fsp3) is 0.0213. The first kappa shape index (κ1) is 30.3. The van der Waals surface area contributed by atoms with Gasteiger partial charge in [0, 0.05) is 38.7 Å². The van der Waals surface area contributed by atoms with Crippen LogP contribution in [-0.4, -0.2) is 4.57 Å². The first-order chi connectivity index (χ1) is 25.2. The fourth-order valence-electron chi connectivity index (χ4n) is 7.18. The predicted molar refractivity (Wildman–Crippen MR) is 211 cm³/mol. The SMILES string of the molecule is C/C(=C\C=C/N)c1ccc2c(c1)Oc1ccccc1-c1ccccc1Oc1cc(-c3ccc4c(c3)c3ccccc3n4-c3ccccc3)ccc1-2. The molecule has 4 heteroatoms. The average Bonchev–Trinajstić information content (AvgIpc) is 3.51. The Morgan fingerprint density at radius 2 is 1.08 bits per heavy atom. The third-order valence-electron chi connectivity index (χ3n) is 9.69. The molecule has 0 saturated heterocycles. The number of allylic oxidation sites excluding steroid dienone is 3. The zero-order valence-corrected chi connectivity index (χ0v) is 28.1. The predicted octanol–water partition coefficient (Wildman–Crippen LogP) is 12.6. The van der Waals surface area contributed by atoms with Crippen LogP contribution in [0.3, 0.4) is 0 Å². The molecule has 2 heterocycles. The highest BCUT2D eigenvalue weighted by molar-refractivity contribution is 6.10. The number of nitrogens with zero attached hydrogens (tertiary/aromatic N) is 1. The van der Waals surface area contributed by atoms with Gasteiger partial charge in [-0.3, -0.25) is 0 Å². The maximum absolute atomic E-state index is 6.95. The summed E-state index contributed by atoms with van der Waals surface area (Å²) >= 11 is 0. The minimum Gasteiger partial charge on any atom is -0.456 e. The molecule has 4 nitrogen and oxygen atoms in total. The number of nitrogens with two attached hydrogens (primary N) is 1. The van der Waals surface area contributed by atoms with Crippen LogP contribution in [0.25, 0.3) is 66.4 Å². The first-order valence-corrected chi connectivity index (χ1v) is 17.1. The smallest absolute Gasteiger partial charge is 0.136 e. The van der Waals surface area contributed by atoms with Gasteiger partial charge in [-0.25, -0.2) is 0 Å². The molecule has 0 spiro atoms. The molecular weight excluding hydrogens is 625 g/mol. The first-order valence-electron chi connectivity index (χ1n) is 17.1. The van der Waals surface area contributed by atoms with E-state index in [1.165, 1.54) is 21.8 Å². The molecule has 0 amide bonds. The maximum atomic E-state index is 6.95. The largest absolute Gasteiger partial charge is 0.456 e. The molecule has 2 N–H and O–H groups in total. The van der Waals surface area contributed by atoms with E-state index in [2.05, 4.69) is 133 Å². The Balaban J connectivity index is 1.24. The van der Waals surface area contributed by atoms with Crippen molar-refractivity contribution in [1.82, 2.24) is 4.57 Å². The van der Waals surface area contributed by atoms with E-state index < -0.39 is 0 Å². The van der Waals surface area contributed by atoms with Gasteiger partial charge in [-0.1, -0.05) is 97.1 Å². The van der Waals surface area contributed by atoms with Crippen LogP contribution in [-0.2, 0) is 0 Å². The highest BCUT2D eigenvalue weighted by atomic mass is 16.5. The van der Waals surface area contributed by atoms with Crippen molar-refractivity contribution >= 4 is 27.4 Å². The van der Waals surface area contributed by atoms with Gasteiger partial charge in [-0.15, -0.1) is 0 Å². The summed E-state index contributed by atoms with van der Waals surface area (Å²) in [5.74, 6) is 3.03. The standard InChI is InChI=1S/C47H34N2O2/c1-31(12-11-27-48)32-21-24-39-40-25-22-34(30-47(40)51-45-20-10-7-17-38(45)37-16-6-9-19-44(37)50-46(39)29-32)33-23-26-43-41(28-33)36-15-5-8-18-42(36)49(43)35-13-3-2-4-14-35/h2-30H,48H2,1H3/b27-11-,31-12+. The van der Waals surface area contributed by atoms with Crippen molar-refractivity contribution in [1.29, 1.82) is 0 Å². The Morgan fingerprint density at radius 1 is 0.510 bits per heavy atom. The third kappa shape index (κ3) is 5.34. The molecule has 8 aromatic rings. The molecular formula is C47H34N2O2. The van der Waals surface area contributed by atoms with Gasteiger partial charge in [-0.05, 0) is 108 Å². The van der Waals surface area contributed by atoms with Crippen molar-refractivity contribution in [2.24, 2.45) is 5.73 Å². The van der Waals surface area contributed by atoms with E-state index in [1.807, 2.05) is 48.6 Å². The zero-order valence-electron chi connectivity index (χ0n) is 28.1. The van der Waals surface area contributed by atoms with Gasteiger partial charge in [0.15, 0.2) is 0 Å². The van der Waals surface area contributed by atoms with E-state index in [9.17, 15) is 0 Å². The average molecular weight is 659 g/mol. The lowest BCUT2D eigenvalue weighted by Gasteiger charge is -2.22. The highest BCUT2D eigenvalue weighted by Crippen LogP contribution is 2.48. The number of fused-ring (bicyclic) bond motifs is 9. The summed E-state index contributed by atoms with van der Waals surface area (Å²) in [6, 6.07) is 55.0. The fourth-order valence-corrected chi connectivity index (χ4v) is 7.18. The second kappa shape index (κ2) is 12.6. The molecule has 244 valence electrons. The van der Waals surface area contributed by atoms with Crippen LogP contribution in [0.5, 0.6) is 23.0 Å². The molecule has 0 fully saturated rings. The molecule has 51 heavy (non-hydrogen) atoms.